The van der Waals surface area contributed by atoms with E-state index in [0.717, 1.165) is 5.41 Å². The normalized spacial score (nSPS) is 24.1. The molecule has 0 amide bonds. The van der Waals surface area contributed by atoms with Crippen molar-refractivity contribution in [3.63, 3.8) is 0 Å². The van der Waals surface area contributed by atoms with E-state index in [4.69, 9.17) is 0 Å². The van der Waals surface area contributed by atoms with Crippen molar-refractivity contribution in [3.05, 3.63) is 35.9 Å². The van der Waals surface area contributed by atoms with Gasteiger partial charge in [-0.25, -0.2) is 0 Å². The average molecular weight is 282 g/mol. The van der Waals surface area contributed by atoms with Gasteiger partial charge in [0.2, 0.25) is 0 Å². The highest BCUT2D eigenvalue weighted by molar-refractivity contribution is 8.93. The number of hydrogen-bond donors (Lipinski definition) is 0. The average Bonchev–Trinajstić information content (AvgIpc) is 2.14. The van der Waals surface area contributed by atoms with E-state index < -0.39 is 0 Å². The number of rotatable bonds is 2. The predicted molar refractivity (Wildman–Crippen MR) is 73.0 cm³/mol. The predicted octanol–water partition coefficient (Wildman–Crippen LogP) is 3.81. The summed E-state index contributed by atoms with van der Waals surface area (Å²) in [5.41, 5.74) is 2.22. The van der Waals surface area contributed by atoms with E-state index in [1.807, 2.05) is 0 Å². The highest BCUT2D eigenvalue weighted by Crippen LogP contribution is 2.50. The van der Waals surface area contributed by atoms with Gasteiger partial charge in [0.15, 0.2) is 0 Å². The van der Waals surface area contributed by atoms with Gasteiger partial charge < -0.3 is 0 Å². The third-order valence-electron chi connectivity index (χ3n) is 4.32. The van der Waals surface area contributed by atoms with Crippen LogP contribution in [0, 0.1) is 5.41 Å². The summed E-state index contributed by atoms with van der Waals surface area (Å²) in [4.78, 5) is 2.62. The molecule has 0 N–H and O–H groups in total. The Bertz CT molecular complexity index is 337. The molecule has 88 valence electrons. The van der Waals surface area contributed by atoms with Crippen LogP contribution < -0.4 is 0 Å². The van der Waals surface area contributed by atoms with Gasteiger partial charge in [0.25, 0.3) is 0 Å². The quantitative estimate of drug-likeness (QED) is 0.797. The van der Waals surface area contributed by atoms with E-state index in [-0.39, 0.29) is 17.0 Å². The highest BCUT2D eigenvalue weighted by atomic mass is 79.9. The minimum Gasteiger partial charge on any atom is -0.295 e. The zero-order valence-corrected chi connectivity index (χ0v) is 11.6. The topological polar surface area (TPSA) is 3.24 Å². The maximum Gasteiger partial charge on any atom is 0.0320 e. The Morgan fingerprint density at radius 3 is 2.25 bits per heavy atom. The van der Waals surface area contributed by atoms with E-state index in [1.165, 1.54) is 37.9 Å². The van der Waals surface area contributed by atoms with Gasteiger partial charge in [-0.15, -0.1) is 17.0 Å². The number of likely N-dealkylation sites (tertiary alicyclic amines) is 1. The van der Waals surface area contributed by atoms with Crippen LogP contribution in [0.2, 0.25) is 0 Å². The molecular weight excluding hydrogens is 262 g/mol. The van der Waals surface area contributed by atoms with Crippen LogP contribution in [0.4, 0.5) is 0 Å². The Labute approximate surface area is 109 Å². The first-order chi connectivity index (χ1) is 7.29. The number of benzene rings is 1. The zero-order chi connectivity index (χ0) is 10.3. The molecule has 3 rings (SSSR count). The summed E-state index contributed by atoms with van der Waals surface area (Å²) < 4.78 is 0. The first-order valence-corrected chi connectivity index (χ1v) is 6.08. The zero-order valence-electron chi connectivity index (χ0n) is 9.86. The molecule has 1 aromatic carbocycles. The minimum absolute atomic E-state index is 0. The summed E-state index contributed by atoms with van der Waals surface area (Å²) in [6.07, 6.45) is 4.42. The molecule has 0 radical (unpaired) electrons. The van der Waals surface area contributed by atoms with E-state index in [2.05, 4.69) is 42.2 Å². The molecule has 1 unspecified atom stereocenters. The van der Waals surface area contributed by atoms with Crippen LogP contribution in [0.15, 0.2) is 30.3 Å². The summed E-state index contributed by atoms with van der Waals surface area (Å²) in [5.74, 6) is 0. The number of halogens is 1. The number of nitrogens with zero attached hydrogens (tertiary/aromatic N) is 1. The second-order valence-corrected chi connectivity index (χ2v) is 5.35. The highest BCUT2D eigenvalue weighted by Gasteiger charge is 2.48. The molecular formula is C14H20BrN. The molecule has 2 heteroatoms. The van der Waals surface area contributed by atoms with Crippen LogP contribution in [0.5, 0.6) is 0 Å². The summed E-state index contributed by atoms with van der Waals surface area (Å²) >= 11 is 0. The molecule has 1 saturated carbocycles. The SMILES string of the molecule is Br.CC(c1ccccc1)N1CC2(CCC2)C1. The molecule has 2 fully saturated rings. The van der Waals surface area contributed by atoms with Gasteiger partial charge in [0.1, 0.15) is 0 Å². The van der Waals surface area contributed by atoms with Gasteiger partial charge in [0, 0.05) is 19.1 Å². The van der Waals surface area contributed by atoms with Gasteiger partial charge in [0.05, 0.1) is 0 Å². The van der Waals surface area contributed by atoms with Crippen molar-refractivity contribution in [1.82, 2.24) is 4.90 Å². The van der Waals surface area contributed by atoms with Gasteiger partial charge >= 0.3 is 0 Å². The lowest BCUT2D eigenvalue weighted by atomic mass is 9.63. The Morgan fingerprint density at radius 1 is 1.12 bits per heavy atom. The van der Waals surface area contributed by atoms with Gasteiger partial charge in [-0.05, 0) is 30.7 Å². The van der Waals surface area contributed by atoms with Crippen molar-refractivity contribution in [3.8, 4) is 0 Å². The van der Waals surface area contributed by atoms with Crippen molar-refractivity contribution in [2.45, 2.75) is 32.2 Å². The molecule has 1 heterocycles. The Morgan fingerprint density at radius 2 is 1.75 bits per heavy atom. The van der Waals surface area contributed by atoms with Crippen LogP contribution in [0.25, 0.3) is 0 Å². The molecule has 1 spiro atoms. The molecule has 1 aromatic rings. The maximum atomic E-state index is 2.62. The second kappa shape index (κ2) is 4.50. The standard InChI is InChI=1S/C14H19N.BrH/c1-12(13-6-3-2-4-7-13)15-10-14(11-15)8-5-9-14;/h2-4,6-7,12H,5,8-11H2,1H3;1H. The molecule has 1 aliphatic carbocycles. The van der Waals surface area contributed by atoms with Gasteiger partial charge in [-0.2, -0.15) is 0 Å². The fourth-order valence-corrected chi connectivity index (χ4v) is 3.02. The largest absolute Gasteiger partial charge is 0.295 e. The fraction of sp³-hybridized carbons (Fsp3) is 0.571. The fourth-order valence-electron chi connectivity index (χ4n) is 3.02. The molecule has 1 saturated heterocycles. The van der Waals surface area contributed by atoms with E-state index in [0.29, 0.717) is 6.04 Å². The Hall–Kier alpha value is -0.340. The van der Waals surface area contributed by atoms with Crippen molar-refractivity contribution < 1.29 is 0 Å². The molecule has 16 heavy (non-hydrogen) atoms. The van der Waals surface area contributed by atoms with Crippen molar-refractivity contribution >= 4 is 17.0 Å². The molecule has 0 aromatic heterocycles. The van der Waals surface area contributed by atoms with E-state index >= 15 is 0 Å². The molecule has 1 atom stereocenters. The van der Waals surface area contributed by atoms with E-state index in [1.54, 1.807) is 0 Å². The third kappa shape index (κ3) is 1.93. The van der Waals surface area contributed by atoms with Crippen LogP contribution >= 0.6 is 17.0 Å². The first kappa shape index (κ1) is 12.1. The molecule has 1 nitrogen and oxygen atoms in total. The van der Waals surface area contributed by atoms with Crippen molar-refractivity contribution in [1.29, 1.82) is 0 Å². The van der Waals surface area contributed by atoms with Gasteiger partial charge in [-0.3, -0.25) is 4.90 Å². The third-order valence-corrected chi connectivity index (χ3v) is 4.32. The van der Waals surface area contributed by atoms with Gasteiger partial charge in [-0.1, -0.05) is 36.8 Å². The van der Waals surface area contributed by atoms with Crippen molar-refractivity contribution in [2.75, 3.05) is 13.1 Å². The van der Waals surface area contributed by atoms with Crippen LogP contribution in [0.1, 0.15) is 37.8 Å². The van der Waals surface area contributed by atoms with Crippen LogP contribution in [-0.4, -0.2) is 18.0 Å². The van der Waals surface area contributed by atoms with E-state index in [9.17, 15) is 0 Å². The molecule has 1 aliphatic heterocycles. The lowest BCUT2D eigenvalue weighted by Crippen LogP contribution is -2.59. The summed E-state index contributed by atoms with van der Waals surface area (Å²) in [7, 11) is 0. The maximum absolute atomic E-state index is 2.62. The first-order valence-electron chi connectivity index (χ1n) is 6.08. The lowest BCUT2D eigenvalue weighted by Gasteiger charge is -2.58. The van der Waals surface area contributed by atoms with Crippen LogP contribution in [-0.2, 0) is 0 Å². The summed E-state index contributed by atoms with van der Waals surface area (Å²) in [6.45, 7) is 5.01. The molecule has 2 aliphatic rings. The molecule has 0 bridgehead atoms. The summed E-state index contributed by atoms with van der Waals surface area (Å²) in [5, 5.41) is 0. The number of hydrogen-bond acceptors (Lipinski definition) is 1. The Kier molecular flexibility index (Phi) is 3.41. The lowest BCUT2D eigenvalue weighted by molar-refractivity contribution is -0.0804. The minimum atomic E-state index is 0. The monoisotopic (exact) mass is 281 g/mol. The van der Waals surface area contributed by atoms with Crippen molar-refractivity contribution in [2.24, 2.45) is 5.41 Å². The second-order valence-electron chi connectivity index (χ2n) is 5.35. The Balaban J connectivity index is 0.000000963. The van der Waals surface area contributed by atoms with Crippen LogP contribution in [0.3, 0.4) is 0 Å². The smallest absolute Gasteiger partial charge is 0.0320 e. The summed E-state index contributed by atoms with van der Waals surface area (Å²) in [6, 6.07) is 11.5.